The van der Waals surface area contributed by atoms with E-state index < -0.39 is 5.97 Å². The first-order valence-corrected chi connectivity index (χ1v) is 10.4. The van der Waals surface area contributed by atoms with Crippen molar-refractivity contribution in [3.8, 4) is 0 Å². The number of carbonyl (C=O) groups is 1. The maximum atomic E-state index is 12.8. The molecular formula is C20H23N5O3S. The van der Waals surface area contributed by atoms with Gasteiger partial charge in [0, 0.05) is 56.4 Å². The Bertz CT molecular complexity index is 1100. The van der Waals surface area contributed by atoms with Crippen LogP contribution in [0.1, 0.15) is 17.3 Å². The van der Waals surface area contributed by atoms with Gasteiger partial charge in [0.2, 0.25) is 5.43 Å². The van der Waals surface area contributed by atoms with Crippen molar-refractivity contribution in [1.29, 1.82) is 0 Å². The number of carbonyl (C=O) groups excluding carboxylic acids is 1. The third-order valence-electron chi connectivity index (χ3n) is 5.14. The van der Waals surface area contributed by atoms with Crippen molar-refractivity contribution in [1.82, 2.24) is 9.55 Å². The summed E-state index contributed by atoms with van der Waals surface area (Å²) in [7, 11) is 1.81. The summed E-state index contributed by atoms with van der Waals surface area (Å²) in [6.07, 6.45) is 3.35. The number of aryl methyl sites for hydroxylation is 1. The van der Waals surface area contributed by atoms with Crippen molar-refractivity contribution < 1.29 is 9.53 Å². The molecule has 9 heteroatoms. The number of piperazine rings is 1. The smallest absolute Gasteiger partial charge is 0.343 e. The predicted molar refractivity (Wildman–Crippen MR) is 116 cm³/mol. The van der Waals surface area contributed by atoms with E-state index in [1.807, 2.05) is 24.7 Å². The van der Waals surface area contributed by atoms with E-state index in [0.717, 1.165) is 42.5 Å². The number of nitrogens with zero attached hydrogens (tertiary/aromatic N) is 4. The molecule has 1 aliphatic heterocycles. The molecule has 0 bridgehead atoms. The lowest BCUT2D eigenvalue weighted by atomic mass is 10.1. The Morgan fingerprint density at radius 3 is 2.62 bits per heavy atom. The zero-order valence-electron chi connectivity index (χ0n) is 16.4. The lowest BCUT2D eigenvalue weighted by Gasteiger charge is -2.36. The molecule has 0 aliphatic carbocycles. The molecule has 3 heterocycles. The largest absolute Gasteiger partial charge is 0.462 e. The lowest BCUT2D eigenvalue weighted by molar-refractivity contribution is 0.0524. The molecule has 2 N–H and O–H groups in total. The van der Waals surface area contributed by atoms with E-state index in [1.165, 1.54) is 6.20 Å². The molecule has 0 spiro atoms. The van der Waals surface area contributed by atoms with Crippen LogP contribution in [-0.4, -0.2) is 48.3 Å². The Labute approximate surface area is 172 Å². The number of nitrogen functional groups attached to an aromatic ring is 1. The Hall–Kier alpha value is -3.07. The molecule has 2 aromatic heterocycles. The second-order valence-electron chi connectivity index (χ2n) is 6.92. The summed E-state index contributed by atoms with van der Waals surface area (Å²) in [5.74, 6) is -0.615. The Morgan fingerprint density at radius 2 is 1.97 bits per heavy atom. The van der Waals surface area contributed by atoms with Crippen molar-refractivity contribution >= 4 is 44.7 Å². The van der Waals surface area contributed by atoms with Crippen LogP contribution in [-0.2, 0) is 11.8 Å². The van der Waals surface area contributed by atoms with Gasteiger partial charge in [-0.05, 0) is 19.1 Å². The number of nitrogens with two attached hydrogens (primary N) is 1. The number of ether oxygens (including phenoxy) is 1. The van der Waals surface area contributed by atoms with Crippen LogP contribution >= 0.6 is 11.3 Å². The fourth-order valence-corrected chi connectivity index (χ4v) is 4.37. The highest BCUT2D eigenvalue weighted by Gasteiger charge is 2.22. The average Bonchev–Trinajstić information content (AvgIpc) is 3.25. The third-order valence-corrected chi connectivity index (χ3v) is 5.97. The second-order valence-corrected chi connectivity index (χ2v) is 7.79. The van der Waals surface area contributed by atoms with Crippen LogP contribution in [0.3, 0.4) is 0 Å². The van der Waals surface area contributed by atoms with Gasteiger partial charge in [0.05, 0.1) is 23.5 Å². The standard InChI is InChI=1S/C20H23N5O3S/c1-3-28-19(27)14-12-23(2)16-11-17(15(21)10-13(16)18(14)26)24-5-7-25(8-6-24)20-22-4-9-29-20/h4,9-12H,3,5-8,21H2,1-2H3. The summed E-state index contributed by atoms with van der Waals surface area (Å²) < 4.78 is 6.78. The average molecular weight is 414 g/mol. The molecule has 0 amide bonds. The van der Waals surface area contributed by atoms with Gasteiger partial charge in [0.1, 0.15) is 5.56 Å². The molecule has 4 rings (SSSR count). The minimum Gasteiger partial charge on any atom is -0.462 e. The third kappa shape index (κ3) is 3.53. The van der Waals surface area contributed by atoms with Gasteiger partial charge in [-0.1, -0.05) is 0 Å². The van der Waals surface area contributed by atoms with Gasteiger partial charge >= 0.3 is 5.97 Å². The number of thiazole rings is 1. The lowest BCUT2D eigenvalue weighted by Crippen LogP contribution is -2.46. The van der Waals surface area contributed by atoms with E-state index in [9.17, 15) is 9.59 Å². The number of aromatic nitrogens is 2. The number of rotatable bonds is 4. The van der Waals surface area contributed by atoms with Crippen molar-refractivity contribution in [2.24, 2.45) is 7.05 Å². The number of fused-ring (bicyclic) bond motifs is 1. The molecule has 29 heavy (non-hydrogen) atoms. The number of pyridine rings is 1. The Morgan fingerprint density at radius 1 is 1.24 bits per heavy atom. The van der Waals surface area contributed by atoms with Crippen LogP contribution in [0.4, 0.5) is 16.5 Å². The van der Waals surface area contributed by atoms with E-state index in [1.54, 1.807) is 28.9 Å². The summed E-state index contributed by atoms with van der Waals surface area (Å²) in [6, 6.07) is 3.60. The van der Waals surface area contributed by atoms with E-state index in [2.05, 4.69) is 14.8 Å². The highest BCUT2D eigenvalue weighted by molar-refractivity contribution is 7.13. The van der Waals surface area contributed by atoms with Gasteiger partial charge in [-0.25, -0.2) is 9.78 Å². The van der Waals surface area contributed by atoms with Crippen LogP contribution < -0.4 is 21.0 Å². The van der Waals surface area contributed by atoms with E-state index in [4.69, 9.17) is 10.5 Å². The fraction of sp³-hybridized carbons (Fsp3) is 0.350. The van der Waals surface area contributed by atoms with Crippen molar-refractivity contribution in [2.75, 3.05) is 48.3 Å². The number of hydrogen-bond donors (Lipinski definition) is 1. The highest BCUT2D eigenvalue weighted by atomic mass is 32.1. The van der Waals surface area contributed by atoms with E-state index >= 15 is 0 Å². The molecule has 0 atom stereocenters. The summed E-state index contributed by atoms with van der Waals surface area (Å²) >= 11 is 1.64. The van der Waals surface area contributed by atoms with Crippen LogP contribution in [0.15, 0.2) is 34.7 Å². The number of benzene rings is 1. The molecule has 1 saturated heterocycles. The maximum Gasteiger partial charge on any atom is 0.343 e. The minimum absolute atomic E-state index is 0.0195. The van der Waals surface area contributed by atoms with Crippen LogP contribution in [0.2, 0.25) is 0 Å². The summed E-state index contributed by atoms with van der Waals surface area (Å²) in [5.41, 5.74) is 8.14. The molecule has 1 aliphatic rings. The SMILES string of the molecule is CCOC(=O)c1cn(C)c2cc(N3CCN(c4nccs4)CC3)c(N)cc2c1=O. The van der Waals surface area contributed by atoms with Crippen molar-refractivity contribution in [3.63, 3.8) is 0 Å². The van der Waals surface area contributed by atoms with E-state index in [-0.39, 0.29) is 17.6 Å². The van der Waals surface area contributed by atoms with Gasteiger partial charge < -0.3 is 24.8 Å². The van der Waals surface area contributed by atoms with Gasteiger partial charge in [-0.15, -0.1) is 11.3 Å². The quantitative estimate of drug-likeness (QED) is 0.517. The molecule has 152 valence electrons. The minimum atomic E-state index is -0.615. The molecular weight excluding hydrogens is 390 g/mol. The van der Waals surface area contributed by atoms with Gasteiger partial charge in [0.15, 0.2) is 5.13 Å². The Kier molecular flexibility index (Phi) is 5.14. The van der Waals surface area contributed by atoms with Crippen LogP contribution in [0.5, 0.6) is 0 Å². The first-order valence-electron chi connectivity index (χ1n) is 9.49. The van der Waals surface area contributed by atoms with Gasteiger partial charge in [-0.3, -0.25) is 4.79 Å². The fourth-order valence-electron chi connectivity index (χ4n) is 3.67. The summed E-state index contributed by atoms with van der Waals surface area (Å²) in [6.45, 7) is 5.25. The van der Waals surface area contributed by atoms with Crippen LogP contribution in [0, 0.1) is 0 Å². The summed E-state index contributed by atoms with van der Waals surface area (Å²) in [4.78, 5) is 33.8. The molecule has 8 nitrogen and oxygen atoms in total. The predicted octanol–water partition coefficient (Wildman–Crippen LogP) is 2.08. The molecule has 0 unspecified atom stereocenters. The molecule has 1 fully saturated rings. The molecule has 0 radical (unpaired) electrons. The highest BCUT2D eigenvalue weighted by Crippen LogP contribution is 2.30. The van der Waals surface area contributed by atoms with Crippen molar-refractivity contribution in [2.45, 2.75) is 6.92 Å². The number of esters is 1. The monoisotopic (exact) mass is 413 g/mol. The molecule has 0 saturated carbocycles. The topological polar surface area (TPSA) is 93.7 Å². The molecule has 3 aromatic rings. The van der Waals surface area contributed by atoms with Gasteiger partial charge in [-0.2, -0.15) is 0 Å². The first-order chi connectivity index (χ1) is 14.0. The number of hydrogen-bond acceptors (Lipinski definition) is 8. The van der Waals surface area contributed by atoms with Crippen molar-refractivity contribution in [3.05, 3.63) is 45.7 Å². The van der Waals surface area contributed by atoms with E-state index in [0.29, 0.717) is 11.1 Å². The van der Waals surface area contributed by atoms with Gasteiger partial charge in [0.25, 0.3) is 0 Å². The Balaban J connectivity index is 1.66. The maximum absolute atomic E-state index is 12.8. The second kappa shape index (κ2) is 7.75. The van der Waals surface area contributed by atoms with Crippen LogP contribution in [0.25, 0.3) is 10.9 Å². The normalized spacial score (nSPS) is 14.4. The number of anilines is 3. The summed E-state index contributed by atoms with van der Waals surface area (Å²) in [5, 5.41) is 3.43. The zero-order valence-corrected chi connectivity index (χ0v) is 17.2. The first kappa shape index (κ1) is 19.3. The zero-order chi connectivity index (χ0) is 20.5. The molecule has 1 aromatic carbocycles.